The number of hydrogen-bond donors (Lipinski definition) is 6. The Bertz CT molecular complexity index is 1570. The van der Waals surface area contributed by atoms with Crippen LogP contribution in [0.2, 0.25) is 0 Å². The molecule has 13 heteroatoms. The Morgan fingerprint density at radius 3 is 2.22 bits per heavy atom. The average molecular weight is 719 g/mol. The molecule has 0 aromatic rings. The number of ether oxygens (including phenoxy) is 3. The maximum atomic E-state index is 14.8. The van der Waals surface area contributed by atoms with E-state index < -0.39 is 112 Å². The number of Topliss-reactive ketones (excluding diaryl/α,β-unsaturated/α-hetero) is 2. The lowest BCUT2D eigenvalue weighted by Gasteiger charge is -2.63. The molecule has 0 radical (unpaired) electrons. The number of carbonyl (C=O) groups is 4. The van der Waals surface area contributed by atoms with Crippen molar-refractivity contribution >= 4 is 23.3 Å². The van der Waals surface area contributed by atoms with Crippen LogP contribution < -0.4 is 0 Å². The van der Waals surface area contributed by atoms with E-state index in [1.165, 1.54) is 19.9 Å². The molecule has 0 spiro atoms. The van der Waals surface area contributed by atoms with Crippen molar-refractivity contribution in [3.8, 4) is 0 Å². The summed E-state index contributed by atoms with van der Waals surface area (Å²) in [5.74, 6) is -4.17. The molecule has 284 valence electrons. The largest absolute Gasteiger partial charge is 0.459 e. The van der Waals surface area contributed by atoms with E-state index in [0.717, 1.165) is 6.08 Å². The van der Waals surface area contributed by atoms with Gasteiger partial charge in [0.2, 0.25) is 12.1 Å². The molecule has 1 aliphatic heterocycles. The molecule has 0 amide bonds. The van der Waals surface area contributed by atoms with Crippen LogP contribution in [0, 0.1) is 39.4 Å². The minimum atomic E-state index is -2.09. The normalized spacial score (nSPS) is 43.3. The second-order valence-electron chi connectivity index (χ2n) is 17.2. The lowest BCUT2D eigenvalue weighted by molar-refractivity contribution is -0.291. The van der Waals surface area contributed by atoms with Crippen LogP contribution in [0.15, 0.2) is 35.6 Å². The third-order valence-electron chi connectivity index (χ3n) is 13.3. The fraction of sp³-hybridized carbons (Fsp3) is 0.737. The summed E-state index contributed by atoms with van der Waals surface area (Å²) >= 11 is 0. The van der Waals surface area contributed by atoms with E-state index in [1.807, 2.05) is 26.8 Å². The number of ketones is 3. The molecule has 51 heavy (non-hydrogen) atoms. The third-order valence-corrected chi connectivity index (χ3v) is 13.3. The van der Waals surface area contributed by atoms with Crippen LogP contribution >= 0.6 is 0 Å². The number of carbonyl (C=O) groups excluding carboxylic acids is 4. The highest BCUT2D eigenvalue weighted by atomic mass is 16.7. The number of rotatable bonds is 8. The highest BCUT2D eigenvalue weighted by Gasteiger charge is 2.74. The molecule has 1 unspecified atom stereocenters. The molecule has 4 aliphatic carbocycles. The second-order valence-corrected chi connectivity index (χ2v) is 17.2. The molecule has 5 aliphatic rings. The summed E-state index contributed by atoms with van der Waals surface area (Å²) in [6.07, 6.45) is -2.57. The lowest BCUT2D eigenvalue weighted by atomic mass is 9.39. The zero-order valence-corrected chi connectivity index (χ0v) is 30.9. The monoisotopic (exact) mass is 718 g/mol. The van der Waals surface area contributed by atoms with Crippen molar-refractivity contribution in [3.05, 3.63) is 35.6 Å². The molecule has 2 saturated carbocycles. The smallest absolute Gasteiger partial charge is 0.303 e. The molecule has 3 fully saturated rings. The Kier molecular flexibility index (Phi) is 9.80. The van der Waals surface area contributed by atoms with E-state index in [-0.39, 0.29) is 24.4 Å². The number of fused-ring (bicyclic) bond motifs is 5. The minimum Gasteiger partial charge on any atom is -0.459 e. The molecule has 1 saturated heterocycles. The van der Waals surface area contributed by atoms with Crippen molar-refractivity contribution in [3.63, 3.8) is 0 Å². The van der Waals surface area contributed by atoms with Gasteiger partial charge < -0.3 is 44.8 Å². The molecule has 0 aromatic carbocycles. The van der Waals surface area contributed by atoms with Crippen molar-refractivity contribution in [1.29, 1.82) is 0 Å². The maximum Gasteiger partial charge on any atom is 0.303 e. The molecule has 13 atom stereocenters. The van der Waals surface area contributed by atoms with Crippen LogP contribution in [0.3, 0.4) is 0 Å². The van der Waals surface area contributed by atoms with Gasteiger partial charge in [0.25, 0.3) is 0 Å². The van der Waals surface area contributed by atoms with E-state index >= 15 is 0 Å². The topological polar surface area (TPSA) is 217 Å². The van der Waals surface area contributed by atoms with E-state index in [0.29, 0.717) is 12.0 Å². The second kappa shape index (κ2) is 12.7. The lowest BCUT2D eigenvalue weighted by Crippen LogP contribution is -2.64. The predicted molar refractivity (Wildman–Crippen MR) is 180 cm³/mol. The zero-order valence-electron chi connectivity index (χ0n) is 30.9. The predicted octanol–water partition coefficient (Wildman–Crippen LogP) is 1.45. The number of aliphatic hydroxyl groups is 6. The van der Waals surface area contributed by atoms with Gasteiger partial charge in [0.1, 0.15) is 41.4 Å². The maximum absolute atomic E-state index is 14.8. The average Bonchev–Trinajstić information content (AvgIpc) is 3.22. The molecule has 1 heterocycles. The number of allylic oxidation sites excluding steroid dienone is 4. The van der Waals surface area contributed by atoms with Crippen molar-refractivity contribution in [2.75, 3.05) is 6.61 Å². The van der Waals surface area contributed by atoms with Crippen LogP contribution in [0.1, 0.15) is 81.6 Å². The van der Waals surface area contributed by atoms with Gasteiger partial charge in [-0.3, -0.25) is 19.2 Å². The van der Waals surface area contributed by atoms with Crippen molar-refractivity contribution < 1.29 is 64.0 Å². The van der Waals surface area contributed by atoms with Gasteiger partial charge in [0.15, 0.2) is 11.5 Å². The van der Waals surface area contributed by atoms with Gasteiger partial charge in [-0.05, 0) is 82.4 Å². The Hall–Kier alpha value is -2.78. The standard InChI is InChI=1S/C38H54O13/c1-18(40)51-33(2,3)13-12-25(42)38(9,48)30-21(41)15-35(6)24-11-10-19-20(37(24,8)26(43)16-36(30,35)7)14-22(31(47)34(19,4)5)49-32-29(46)28(45)27(44)23(17-39)50-32/h10,12-14,20-21,23-24,27-30,32,39,41,44-46,48H,11,15-17H2,1-9H3/b13-12+/t20-,21-,23-,24+,27-,28+,29-,30+,32?,35+,36-,37+,38+/m1/s1. The van der Waals surface area contributed by atoms with Crippen LogP contribution in [0.25, 0.3) is 0 Å². The Balaban J connectivity index is 1.52. The van der Waals surface area contributed by atoms with Gasteiger partial charge in [-0.15, -0.1) is 0 Å². The van der Waals surface area contributed by atoms with Crippen molar-refractivity contribution in [1.82, 2.24) is 0 Å². The Morgan fingerprint density at radius 2 is 1.63 bits per heavy atom. The first-order valence-corrected chi connectivity index (χ1v) is 17.6. The number of hydrogen-bond acceptors (Lipinski definition) is 13. The van der Waals surface area contributed by atoms with E-state index in [2.05, 4.69) is 0 Å². The third kappa shape index (κ3) is 5.87. The fourth-order valence-corrected chi connectivity index (χ4v) is 10.3. The summed E-state index contributed by atoms with van der Waals surface area (Å²) in [6.45, 7) is 14.2. The molecule has 6 N–H and O–H groups in total. The van der Waals surface area contributed by atoms with Crippen LogP contribution in [0.5, 0.6) is 0 Å². The number of aliphatic hydroxyl groups excluding tert-OH is 5. The van der Waals surface area contributed by atoms with E-state index in [4.69, 9.17) is 14.2 Å². The van der Waals surface area contributed by atoms with Gasteiger partial charge in [-0.2, -0.15) is 0 Å². The Morgan fingerprint density at radius 1 is 1.00 bits per heavy atom. The Labute approximate surface area is 298 Å². The molecule has 0 aromatic heterocycles. The summed E-state index contributed by atoms with van der Waals surface area (Å²) in [5.41, 5.74) is -6.62. The summed E-state index contributed by atoms with van der Waals surface area (Å²) < 4.78 is 16.7. The van der Waals surface area contributed by atoms with Gasteiger partial charge in [0.05, 0.1) is 18.1 Å². The van der Waals surface area contributed by atoms with Gasteiger partial charge in [-0.25, -0.2) is 0 Å². The fourth-order valence-electron chi connectivity index (χ4n) is 10.3. The molecule has 5 rings (SSSR count). The van der Waals surface area contributed by atoms with Crippen LogP contribution in [-0.2, 0) is 33.4 Å². The first-order chi connectivity index (χ1) is 23.3. The highest BCUT2D eigenvalue weighted by Crippen LogP contribution is 2.73. The van der Waals surface area contributed by atoms with E-state index in [9.17, 15) is 49.8 Å². The van der Waals surface area contributed by atoms with Crippen molar-refractivity contribution in [2.24, 2.45) is 39.4 Å². The van der Waals surface area contributed by atoms with Gasteiger partial charge in [0, 0.05) is 30.6 Å². The summed E-state index contributed by atoms with van der Waals surface area (Å²) in [4.78, 5) is 53.9. The van der Waals surface area contributed by atoms with Gasteiger partial charge in [-0.1, -0.05) is 32.4 Å². The highest BCUT2D eigenvalue weighted by molar-refractivity contribution is 6.02. The first kappa shape index (κ1) is 39.4. The summed E-state index contributed by atoms with van der Waals surface area (Å²) in [5, 5.41) is 64.6. The minimum absolute atomic E-state index is 0.0841. The summed E-state index contributed by atoms with van der Waals surface area (Å²) in [6, 6.07) is 0. The first-order valence-electron chi connectivity index (χ1n) is 17.6. The van der Waals surface area contributed by atoms with Crippen LogP contribution in [-0.4, -0.2) is 109 Å². The SMILES string of the molecule is CC(=O)OC(C)(C)/C=C/C(=O)[C@](C)(O)[C@H]1[C@H](O)C[C@@]2(C)[C@@H]3CC=C4[C@@H](C=C(OC5O[C@H](CO)[C@@H](O)[C@H](O)[C@H]5O)C(=O)C4(C)C)[C@]3(C)C(=O)C[C@]12C. The number of esters is 1. The van der Waals surface area contributed by atoms with E-state index in [1.54, 1.807) is 33.8 Å². The zero-order chi connectivity index (χ0) is 38.4. The molecule has 13 nitrogen and oxygen atoms in total. The van der Waals surface area contributed by atoms with Crippen LogP contribution in [0.4, 0.5) is 0 Å². The summed E-state index contributed by atoms with van der Waals surface area (Å²) in [7, 11) is 0. The molecular formula is C38H54O13. The van der Waals surface area contributed by atoms with Gasteiger partial charge >= 0.3 is 5.97 Å². The van der Waals surface area contributed by atoms with Crippen molar-refractivity contribution in [2.45, 2.75) is 130 Å². The quantitative estimate of drug-likeness (QED) is 0.119. The molecular weight excluding hydrogens is 664 g/mol. The molecule has 0 bridgehead atoms.